The molecule has 106 valence electrons. The molecule has 1 heterocycles. The highest BCUT2D eigenvalue weighted by atomic mass is 32.2. The van der Waals surface area contributed by atoms with Crippen LogP contribution in [-0.2, 0) is 10.0 Å². The first-order valence-electron chi connectivity index (χ1n) is 6.36. The van der Waals surface area contributed by atoms with E-state index in [9.17, 15) is 8.42 Å². The zero-order valence-corrected chi connectivity index (χ0v) is 12.5. The third-order valence-electron chi connectivity index (χ3n) is 3.18. The molecule has 1 aromatic heterocycles. The van der Waals surface area contributed by atoms with Crippen molar-refractivity contribution in [1.29, 1.82) is 0 Å². The number of nitrogens with one attached hydrogen (secondary N) is 1. The summed E-state index contributed by atoms with van der Waals surface area (Å²) in [5.74, 6) is 1.39. The Kier molecular flexibility index (Phi) is 4.70. The van der Waals surface area contributed by atoms with E-state index in [1.54, 1.807) is 0 Å². The molecule has 2 unspecified atom stereocenters. The Bertz CT molecular complexity index is 516. The summed E-state index contributed by atoms with van der Waals surface area (Å²) in [6, 6.07) is 3.02. The van der Waals surface area contributed by atoms with Crippen molar-refractivity contribution < 1.29 is 8.42 Å². The Morgan fingerprint density at radius 3 is 2.89 bits per heavy atom. The molecule has 3 N–H and O–H groups in total. The van der Waals surface area contributed by atoms with E-state index in [1.165, 1.54) is 18.3 Å². The number of anilines is 1. The predicted molar refractivity (Wildman–Crippen MR) is 78.5 cm³/mol. The molecule has 1 aromatic rings. The molecule has 0 aliphatic heterocycles. The van der Waals surface area contributed by atoms with Gasteiger partial charge < -0.3 is 5.73 Å². The lowest BCUT2D eigenvalue weighted by Crippen LogP contribution is -2.33. The van der Waals surface area contributed by atoms with E-state index in [4.69, 9.17) is 5.73 Å². The Balaban J connectivity index is 2.00. The molecular weight excluding hydrogens is 282 g/mol. The van der Waals surface area contributed by atoms with Crippen LogP contribution >= 0.6 is 11.8 Å². The third kappa shape index (κ3) is 3.84. The van der Waals surface area contributed by atoms with Gasteiger partial charge in [-0.05, 0) is 37.1 Å². The summed E-state index contributed by atoms with van der Waals surface area (Å²) in [6.07, 6.45) is 4.18. The first-order chi connectivity index (χ1) is 9.01. The average molecular weight is 301 g/mol. The van der Waals surface area contributed by atoms with E-state index in [0.29, 0.717) is 11.1 Å². The topological polar surface area (TPSA) is 85.1 Å². The number of hydrogen-bond acceptors (Lipinski definition) is 5. The van der Waals surface area contributed by atoms with Gasteiger partial charge in [0.05, 0.1) is 0 Å². The van der Waals surface area contributed by atoms with Crippen LogP contribution < -0.4 is 10.5 Å². The molecule has 7 heteroatoms. The molecule has 0 spiro atoms. The first kappa shape index (κ1) is 14.6. The van der Waals surface area contributed by atoms with Crippen molar-refractivity contribution in [3.63, 3.8) is 0 Å². The van der Waals surface area contributed by atoms with Crippen LogP contribution in [-0.4, -0.2) is 30.4 Å². The lowest BCUT2D eigenvalue weighted by molar-refractivity contribution is 0.552. The lowest BCUT2D eigenvalue weighted by atomic mass is 10.3. The van der Waals surface area contributed by atoms with E-state index >= 15 is 0 Å². The van der Waals surface area contributed by atoms with Crippen LogP contribution in [0.25, 0.3) is 0 Å². The number of hydrogen-bond donors (Lipinski definition) is 2. The Morgan fingerprint density at radius 2 is 2.26 bits per heavy atom. The highest BCUT2D eigenvalue weighted by Gasteiger charge is 2.28. The smallest absolute Gasteiger partial charge is 0.242 e. The Morgan fingerprint density at radius 1 is 1.47 bits per heavy atom. The number of sulfonamides is 1. The standard InChI is InChI=1S/C12H19N3O2S2/c1-2-18-10-4-3-9(7-10)15-19(16,17)11-5-6-12(13)14-8-11/h5-6,8-10,15H,2-4,7H2,1H3,(H2,13,14). The van der Waals surface area contributed by atoms with E-state index in [2.05, 4.69) is 16.6 Å². The van der Waals surface area contributed by atoms with Crippen molar-refractivity contribution in [3.8, 4) is 0 Å². The summed E-state index contributed by atoms with van der Waals surface area (Å²) in [5.41, 5.74) is 5.46. The van der Waals surface area contributed by atoms with Gasteiger partial charge in [-0.2, -0.15) is 11.8 Å². The lowest BCUT2D eigenvalue weighted by Gasteiger charge is -2.13. The van der Waals surface area contributed by atoms with Gasteiger partial charge in [0, 0.05) is 17.5 Å². The number of thioether (sulfide) groups is 1. The number of nitrogens with zero attached hydrogens (tertiary/aromatic N) is 1. The average Bonchev–Trinajstić information content (AvgIpc) is 2.77. The normalized spacial score (nSPS) is 23.6. The SMILES string of the molecule is CCSC1CCC(NS(=O)(=O)c2ccc(N)nc2)C1. The molecule has 1 saturated carbocycles. The highest BCUT2D eigenvalue weighted by Crippen LogP contribution is 2.30. The minimum absolute atomic E-state index is 0.0339. The maximum absolute atomic E-state index is 12.2. The summed E-state index contributed by atoms with van der Waals surface area (Å²) in [5, 5.41) is 0.572. The molecule has 1 aliphatic carbocycles. The molecule has 0 aromatic carbocycles. The molecule has 0 amide bonds. The number of nitrogens with two attached hydrogens (primary N) is 1. The van der Waals surface area contributed by atoms with Crippen LogP contribution in [0.15, 0.2) is 23.2 Å². The first-order valence-corrected chi connectivity index (χ1v) is 8.90. The van der Waals surface area contributed by atoms with Crippen molar-refractivity contribution in [2.45, 2.75) is 42.4 Å². The minimum atomic E-state index is -3.48. The Hall–Kier alpha value is -0.790. The molecule has 2 atom stereocenters. The molecule has 5 nitrogen and oxygen atoms in total. The molecule has 0 saturated heterocycles. The molecule has 2 rings (SSSR count). The van der Waals surface area contributed by atoms with Crippen molar-refractivity contribution >= 4 is 27.6 Å². The van der Waals surface area contributed by atoms with Crippen LogP contribution in [0, 0.1) is 0 Å². The fraction of sp³-hybridized carbons (Fsp3) is 0.583. The van der Waals surface area contributed by atoms with Crippen LogP contribution in [0.2, 0.25) is 0 Å². The summed E-state index contributed by atoms with van der Waals surface area (Å²) in [6.45, 7) is 2.13. The van der Waals surface area contributed by atoms with Crippen molar-refractivity contribution in [2.24, 2.45) is 0 Å². The van der Waals surface area contributed by atoms with Crippen molar-refractivity contribution in [2.75, 3.05) is 11.5 Å². The van der Waals surface area contributed by atoms with Gasteiger partial charge in [-0.1, -0.05) is 6.92 Å². The maximum atomic E-state index is 12.2. The van der Waals surface area contributed by atoms with Gasteiger partial charge in [-0.15, -0.1) is 0 Å². The predicted octanol–water partition coefficient (Wildman–Crippen LogP) is 1.62. The fourth-order valence-electron chi connectivity index (χ4n) is 2.27. The molecule has 0 bridgehead atoms. The van der Waals surface area contributed by atoms with Crippen molar-refractivity contribution in [3.05, 3.63) is 18.3 Å². The summed E-state index contributed by atoms with van der Waals surface area (Å²) in [7, 11) is -3.48. The van der Waals surface area contributed by atoms with Crippen molar-refractivity contribution in [1.82, 2.24) is 9.71 Å². The molecule has 1 aliphatic rings. The second kappa shape index (κ2) is 6.11. The van der Waals surface area contributed by atoms with Gasteiger partial charge in [0.15, 0.2) is 0 Å². The van der Waals surface area contributed by atoms with E-state index < -0.39 is 10.0 Å². The zero-order valence-electron chi connectivity index (χ0n) is 10.9. The molecule has 1 fully saturated rings. The zero-order chi connectivity index (χ0) is 13.9. The number of rotatable bonds is 5. The van der Waals surface area contributed by atoms with Gasteiger partial charge in [0.1, 0.15) is 10.7 Å². The fourth-order valence-corrected chi connectivity index (χ4v) is 4.64. The maximum Gasteiger partial charge on any atom is 0.242 e. The van der Waals surface area contributed by atoms with E-state index in [1.807, 2.05) is 11.8 Å². The van der Waals surface area contributed by atoms with E-state index in [-0.39, 0.29) is 10.9 Å². The monoisotopic (exact) mass is 301 g/mol. The molecule has 19 heavy (non-hydrogen) atoms. The van der Waals surface area contributed by atoms with Crippen LogP contribution in [0.3, 0.4) is 0 Å². The largest absolute Gasteiger partial charge is 0.384 e. The molecule has 0 radical (unpaired) electrons. The van der Waals surface area contributed by atoms with Gasteiger partial charge in [0.25, 0.3) is 0 Å². The third-order valence-corrected chi connectivity index (χ3v) is 5.92. The van der Waals surface area contributed by atoms with Crippen LogP contribution in [0.1, 0.15) is 26.2 Å². The second-order valence-corrected chi connectivity index (χ2v) is 7.92. The number of nitrogen functional groups attached to an aromatic ring is 1. The minimum Gasteiger partial charge on any atom is -0.384 e. The van der Waals surface area contributed by atoms with Gasteiger partial charge in [-0.3, -0.25) is 0 Å². The summed E-state index contributed by atoms with van der Waals surface area (Å²) < 4.78 is 27.1. The van der Waals surface area contributed by atoms with Gasteiger partial charge in [-0.25, -0.2) is 18.1 Å². The molecular formula is C12H19N3O2S2. The second-order valence-electron chi connectivity index (χ2n) is 4.63. The summed E-state index contributed by atoms with van der Waals surface area (Å²) in [4.78, 5) is 3.99. The van der Waals surface area contributed by atoms with Gasteiger partial charge >= 0.3 is 0 Å². The van der Waals surface area contributed by atoms with Gasteiger partial charge in [0.2, 0.25) is 10.0 Å². The van der Waals surface area contributed by atoms with Crippen LogP contribution in [0.4, 0.5) is 5.82 Å². The van der Waals surface area contributed by atoms with E-state index in [0.717, 1.165) is 25.0 Å². The Labute approximate surface area is 118 Å². The highest BCUT2D eigenvalue weighted by molar-refractivity contribution is 7.99. The number of aromatic nitrogens is 1. The summed E-state index contributed by atoms with van der Waals surface area (Å²) >= 11 is 1.90. The quantitative estimate of drug-likeness (QED) is 0.863. The number of pyridine rings is 1. The van der Waals surface area contributed by atoms with Crippen LogP contribution in [0.5, 0.6) is 0 Å².